The lowest BCUT2D eigenvalue weighted by molar-refractivity contribution is -0.148. The van der Waals surface area contributed by atoms with Crippen molar-refractivity contribution in [1.82, 2.24) is 0 Å². The number of rotatable bonds is 20. The number of esters is 4. The molecule has 0 amide bonds. The summed E-state index contributed by atoms with van der Waals surface area (Å²) < 4.78 is 501. The number of ether oxygens (including phenoxy) is 4. The summed E-state index contributed by atoms with van der Waals surface area (Å²) in [4.78, 5) is 45.2. The Morgan fingerprint density at radius 2 is 0.358 bits per heavy atom. The number of alkyl halides is 24. The molecule has 0 heterocycles. The third kappa shape index (κ3) is 23.4. The van der Waals surface area contributed by atoms with Crippen molar-refractivity contribution >= 4 is 103 Å². The predicted octanol–water partition coefficient (Wildman–Crippen LogP) is 10.7. The molecule has 4 aliphatic rings. The zero-order valence-electron chi connectivity index (χ0n) is 52.9. The summed E-state index contributed by atoms with van der Waals surface area (Å²) in [6.07, 6.45) is -6.95. The molecular weight excluding hydrogens is 1700 g/mol. The van der Waals surface area contributed by atoms with E-state index in [9.17, 15) is 192 Å². The summed E-state index contributed by atoms with van der Waals surface area (Å²) in [6, 6.07) is 0. The lowest BCUT2D eigenvalue weighted by Gasteiger charge is -2.35. The molecule has 0 saturated heterocycles. The van der Waals surface area contributed by atoms with Crippen LogP contribution in [0.3, 0.4) is 0 Å². The van der Waals surface area contributed by atoms with E-state index >= 15 is 0 Å². The Morgan fingerprint density at radius 1 is 0.236 bits per heavy atom. The maximum atomic E-state index is 13.1. The second kappa shape index (κ2) is 35.8. The van der Waals surface area contributed by atoms with Gasteiger partial charge in [0.15, 0.2) is 18.3 Å². The lowest BCUT2D eigenvalue weighted by atomic mass is 9.87. The van der Waals surface area contributed by atoms with E-state index in [0.29, 0.717) is 37.1 Å². The molecule has 0 aromatic rings. The highest BCUT2D eigenvalue weighted by Gasteiger charge is 2.71. The molecule has 0 bridgehead atoms. The lowest BCUT2D eigenvalue weighted by Crippen LogP contribution is -2.53. The van der Waals surface area contributed by atoms with Crippen LogP contribution in [0.4, 0.5) is 105 Å². The second-order valence-electron chi connectivity index (χ2n) is 22.6. The molecule has 8 atom stereocenters. The molecule has 0 aromatic heterocycles. The summed E-state index contributed by atoms with van der Waals surface area (Å²) in [5, 5.41) is 0. The normalized spacial score (nSPS) is 22.9. The van der Waals surface area contributed by atoms with Crippen molar-refractivity contribution in [3.8, 4) is 0 Å². The zero-order chi connectivity index (χ0) is 83.6. The van der Waals surface area contributed by atoms with E-state index < -0.39 is 239 Å². The van der Waals surface area contributed by atoms with Crippen molar-refractivity contribution in [3.05, 3.63) is 50.6 Å². The van der Waals surface area contributed by atoms with E-state index in [1.165, 1.54) is 0 Å². The maximum absolute atomic E-state index is 13.1. The Morgan fingerprint density at radius 3 is 0.519 bits per heavy atom. The van der Waals surface area contributed by atoms with E-state index in [1.807, 2.05) is 0 Å². The molecule has 4 saturated carbocycles. The molecule has 24 nitrogen and oxygen atoms in total. The molecule has 4 fully saturated rings. The largest absolute Gasteiger partial charge is 0.498 e. The highest BCUT2D eigenvalue weighted by atomic mass is 32.3. The molecule has 0 aromatic carbocycles. The topological polar surface area (TPSA) is 378 Å². The molecule has 4 aliphatic carbocycles. The molecule has 4 rings (SSSR count). The molecule has 620 valence electrons. The van der Waals surface area contributed by atoms with E-state index in [1.54, 1.807) is 0 Å². The molecule has 8 unspecified atom stereocenters. The van der Waals surface area contributed by atoms with Gasteiger partial charge in [0.05, 0.1) is 0 Å². The van der Waals surface area contributed by atoms with Crippen molar-refractivity contribution in [3.63, 3.8) is 0 Å². The van der Waals surface area contributed by atoms with E-state index in [0.717, 1.165) is 0 Å². The van der Waals surface area contributed by atoms with Crippen molar-refractivity contribution in [2.24, 2.45) is 23.7 Å². The van der Waals surface area contributed by atoms with Crippen molar-refractivity contribution in [1.29, 1.82) is 0 Å². The molecule has 0 radical (unpaired) electrons. The Balaban J connectivity index is 0.000000707. The fourth-order valence-corrected chi connectivity index (χ4v) is 27.3. The van der Waals surface area contributed by atoms with Crippen LogP contribution in [0, 0.1) is 23.7 Å². The summed E-state index contributed by atoms with van der Waals surface area (Å²) in [5.41, 5.74) is -50.0. The van der Waals surface area contributed by atoms with Crippen LogP contribution >= 0.6 is 0 Å². The highest BCUT2D eigenvalue weighted by molar-refractivity contribution is 8.11. The SMILES string of the molecule is C=CC(=O)OC1CCCC1C(S(=O)(=O)C(F)(F)F)S(=O)(=O)C(F)(F)F.C=CC(=O)OC1CCCCC1C(S(=O)(=O)C(F)(F)F)S(=O)(=O)C(F)(F)F.C=CC(=O)OC1CCCCCC1C(S(=O)(=O)C(F)(F)F)S(=O)(=O)C(F)(F)F.C=CC(=O)OC1CCCCCCC1C(S(=O)(=O)C(F)(F)F)S(=O)(=O)C(F)(F)F. The Kier molecular flexibility index (Phi) is 33.4. The number of halogens is 24. The first-order chi connectivity index (χ1) is 47.3. The maximum Gasteiger partial charge on any atom is 0.498 e. The second-order valence-corrected chi connectivity index (χ2v) is 40.3. The van der Waals surface area contributed by atoms with Gasteiger partial charge in [0, 0.05) is 48.0 Å². The highest BCUT2D eigenvalue weighted by Crippen LogP contribution is 2.50. The summed E-state index contributed by atoms with van der Waals surface area (Å²) in [7, 11) is -54.3. The van der Waals surface area contributed by atoms with E-state index in [4.69, 9.17) is 9.47 Å². The minimum Gasteiger partial charge on any atom is -0.459 e. The van der Waals surface area contributed by atoms with Crippen molar-refractivity contribution < 1.29 is 211 Å². The Labute approximate surface area is 587 Å². The van der Waals surface area contributed by atoms with Gasteiger partial charge in [-0.15, -0.1) is 0 Å². The third-order valence-electron chi connectivity index (χ3n) is 15.7. The van der Waals surface area contributed by atoms with Gasteiger partial charge in [-0.2, -0.15) is 105 Å². The predicted molar refractivity (Wildman–Crippen MR) is 312 cm³/mol. The average Bonchev–Trinajstić information content (AvgIpc) is 0.771. The number of hydrogen-bond donors (Lipinski definition) is 0. The summed E-state index contributed by atoms with van der Waals surface area (Å²) >= 11 is 0. The standard InChI is InChI=1S/C14H18F6O6S2.C13H16F6O6S2.C12H14F6O6S2.C11H12F6O6S2/c1-2-11(21)26-10-8-6-4-3-5-7-9(10)12(27(22,23)13(15,16)17)28(24,25)14(18,19)20;1-2-10(20)25-9-7-5-3-4-6-8(9)11(26(21,22)12(14,15)16)27(23,24)13(17,18)19;1-2-9(19)24-8-6-4-3-5-7(8)10(25(20,21)11(13,14)15)26(22,23)12(16,17)18;1-2-8(18)23-7-5-3-4-6(7)9(24(19,20)10(12,13)14)25(21,22)11(15,16)17/h2,9-10,12H,1,3-8H2;2,8-9,11H,1,3-7H2;2,7-8,10H,1,3-6H2;2,6-7,9H,1,3-5H2. The van der Waals surface area contributed by atoms with E-state index in [2.05, 4.69) is 35.8 Å². The number of sulfone groups is 8. The van der Waals surface area contributed by atoms with Crippen LogP contribution in [-0.4, -0.2) is 178 Å². The van der Waals surface area contributed by atoms with E-state index in [-0.39, 0.29) is 77.0 Å². The first-order valence-corrected chi connectivity index (χ1v) is 41.4. The Bertz CT molecular complexity index is 3910. The van der Waals surface area contributed by atoms with Gasteiger partial charge in [0.1, 0.15) is 24.4 Å². The van der Waals surface area contributed by atoms with Gasteiger partial charge in [0.25, 0.3) is 78.7 Å². The number of carbonyl (C=O) groups is 4. The van der Waals surface area contributed by atoms with Gasteiger partial charge in [-0.1, -0.05) is 64.8 Å². The summed E-state index contributed by atoms with van der Waals surface area (Å²) in [5.74, 6) is -13.8. The third-order valence-corrected chi connectivity index (χ3v) is 34.6. The zero-order valence-corrected chi connectivity index (χ0v) is 59.5. The molecule has 0 aliphatic heterocycles. The van der Waals surface area contributed by atoms with Gasteiger partial charge in [-0.25, -0.2) is 86.5 Å². The Hall–Kier alpha value is -5.24. The smallest absolute Gasteiger partial charge is 0.459 e. The molecule has 0 spiro atoms. The van der Waals surface area contributed by atoms with Crippen molar-refractivity contribution in [2.75, 3.05) is 0 Å². The fourth-order valence-electron chi connectivity index (χ4n) is 11.0. The minimum absolute atomic E-state index is 0.0376. The average molecular weight is 1760 g/mol. The van der Waals surface area contributed by atoms with Gasteiger partial charge in [0.2, 0.25) is 0 Å². The van der Waals surface area contributed by atoms with Gasteiger partial charge < -0.3 is 18.9 Å². The number of carbonyl (C=O) groups excluding carboxylic acids is 4. The van der Waals surface area contributed by atoms with Gasteiger partial charge in [-0.3, -0.25) is 0 Å². The van der Waals surface area contributed by atoms with Gasteiger partial charge in [-0.05, 0) is 77.0 Å². The van der Waals surface area contributed by atoms with Gasteiger partial charge >= 0.3 is 67.9 Å². The molecule has 0 N–H and O–H groups in total. The first kappa shape index (κ1) is 98.8. The van der Waals surface area contributed by atoms with Crippen LogP contribution < -0.4 is 0 Å². The molecule has 106 heavy (non-hydrogen) atoms. The minimum atomic E-state index is -6.81. The van der Waals surface area contributed by atoms with Crippen LogP contribution in [-0.2, 0) is 117 Å². The van der Waals surface area contributed by atoms with Crippen molar-refractivity contribution in [2.45, 2.75) is 202 Å². The summed E-state index contributed by atoms with van der Waals surface area (Å²) in [6.45, 7) is 12.0. The molecular formula is C50H60F24O24S8. The van der Waals surface area contributed by atoms with Crippen LogP contribution in [0.15, 0.2) is 50.6 Å². The fraction of sp³-hybridized carbons (Fsp3) is 0.760. The van der Waals surface area contributed by atoms with Crippen LogP contribution in [0.25, 0.3) is 0 Å². The first-order valence-electron chi connectivity index (χ1n) is 29.0. The van der Waals surface area contributed by atoms with Crippen LogP contribution in [0.2, 0.25) is 0 Å². The monoisotopic (exact) mass is 1760 g/mol. The van der Waals surface area contributed by atoms with Crippen LogP contribution in [0.5, 0.6) is 0 Å². The number of hydrogen-bond acceptors (Lipinski definition) is 24. The molecule has 56 heteroatoms. The van der Waals surface area contributed by atoms with Crippen LogP contribution in [0.1, 0.15) is 116 Å². The quantitative estimate of drug-likeness (QED) is 0.0359.